The molecule has 3 aliphatic heterocycles. The summed E-state index contributed by atoms with van der Waals surface area (Å²) >= 11 is 1.24. The number of rotatable bonds is 36. The molecule has 536 valence electrons. The number of aliphatic carboxylic acids is 1. The second-order valence-electron chi connectivity index (χ2n) is 25.6. The Morgan fingerprint density at radius 2 is 1.52 bits per heavy atom. The number of thioether (sulfide) groups is 1. The number of aliphatic hydroxyl groups is 3. The minimum Gasteiger partial charge on any atom is -0.481 e. The first-order valence-corrected chi connectivity index (χ1v) is 33.8. The van der Waals surface area contributed by atoms with Crippen molar-refractivity contribution in [3.05, 3.63) is 59.7 Å². The Morgan fingerprint density at radius 3 is 2.11 bits per heavy atom. The number of carboxylic acid groups (broad SMARTS) is 1. The molecule has 0 aromatic heterocycles. The van der Waals surface area contributed by atoms with Crippen molar-refractivity contribution in [2.45, 2.75) is 186 Å². The third kappa shape index (κ3) is 21.2. The molecule has 29 nitrogen and oxygen atoms in total. The lowest BCUT2D eigenvalue weighted by atomic mass is 9.89. The lowest BCUT2D eigenvalue weighted by molar-refractivity contribution is -0.306. The number of carboxylic acids is 1. The number of amides is 9. The molecule has 16 atom stereocenters. The average Bonchev–Trinajstić information content (AvgIpc) is 1.03. The number of hydrogen-bond donors (Lipinski definition) is 9. The van der Waals surface area contributed by atoms with Crippen molar-refractivity contribution in [2.75, 3.05) is 73.3 Å². The van der Waals surface area contributed by atoms with Crippen LogP contribution in [0.2, 0.25) is 0 Å². The number of anilines is 1. The second-order valence-corrected chi connectivity index (χ2v) is 26.6. The van der Waals surface area contributed by atoms with Gasteiger partial charge in [-0.1, -0.05) is 91.3 Å². The van der Waals surface area contributed by atoms with Gasteiger partial charge in [-0.05, 0) is 81.1 Å². The minimum atomic E-state index is -2.09. The lowest BCUT2D eigenvalue weighted by Gasteiger charge is -2.41. The molecule has 1 unspecified atom stereocenters. The van der Waals surface area contributed by atoms with Gasteiger partial charge < -0.3 is 79.9 Å². The zero-order chi connectivity index (χ0) is 71.4. The standard InChI is InChI=1S/C66H101N9O20S/c1-15-37(6)54(73(11)62(85)52(35(2)3)71-60(83)53(36(4)5)72(9)10)45(90-12)31-49(78)74-28-19-22-43(74)57(91-13)38(7)59(82)69-39(8)58(41-20-17-16-18-21-41)93-34-68-66(89)92-33-40-23-24-42(44(30-40)94-65-51(63(86)87)55(80)56(81)64(88)95-65)70-48(77)25-27-67-47(76)26-29-75-50(79)32-46(96-14)61(75)84/h16-18,20-21,23-24,30,35-39,43,45-46,51-58,64-65,80-81,88H,15,19,22,25-29,31-34H2,1-14H3,(H,67,76)(H,68,89)(H,69,82)(H,70,77)(H,71,83)(H,86,87)/t37-,38+,39+,43-,45+,46?,51+,52-,53-,54-,55-,56+,57+,58+,64+,65-/m0/s1. The van der Waals surface area contributed by atoms with Crippen molar-refractivity contribution < 1.29 is 96.8 Å². The number of likely N-dealkylation sites (tertiary alicyclic amines) is 2. The zero-order valence-electron chi connectivity index (χ0n) is 57.5. The van der Waals surface area contributed by atoms with E-state index in [9.17, 15) is 68.4 Å². The van der Waals surface area contributed by atoms with E-state index in [4.69, 9.17) is 28.4 Å². The van der Waals surface area contributed by atoms with Crippen molar-refractivity contribution in [2.24, 2.45) is 29.6 Å². The van der Waals surface area contributed by atoms with Gasteiger partial charge in [-0.25, -0.2) is 4.79 Å². The van der Waals surface area contributed by atoms with Gasteiger partial charge in [0, 0.05) is 60.2 Å². The fraction of sp³-hybridized carbons (Fsp3) is 0.667. The monoisotopic (exact) mass is 1370 g/mol. The predicted octanol–water partition coefficient (Wildman–Crippen LogP) is 2.58. The molecule has 3 heterocycles. The van der Waals surface area contributed by atoms with Crippen molar-refractivity contribution in [3.8, 4) is 5.75 Å². The van der Waals surface area contributed by atoms with Crippen LogP contribution >= 0.6 is 11.8 Å². The van der Waals surface area contributed by atoms with E-state index in [-0.39, 0.29) is 103 Å². The summed E-state index contributed by atoms with van der Waals surface area (Å²) in [4.78, 5) is 139. The summed E-state index contributed by atoms with van der Waals surface area (Å²) in [5.41, 5.74) is 0.778. The van der Waals surface area contributed by atoms with Crippen LogP contribution in [0.1, 0.15) is 118 Å². The van der Waals surface area contributed by atoms with Crippen LogP contribution in [0.3, 0.4) is 0 Å². The van der Waals surface area contributed by atoms with E-state index in [1.165, 1.54) is 44.2 Å². The fourth-order valence-corrected chi connectivity index (χ4v) is 13.1. The molecule has 0 bridgehead atoms. The highest BCUT2D eigenvalue weighted by Crippen LogP contribution is 2.35. The van der Waals surface area contributed by atoms with Gasteiger partial charge in [-0.3, -0.25) is 58.3 Å². The summed E-state index contributed by atoms with van der Waals surface area (Å²) in [7, 11) is 8.35. The van der Waals surface area contributed by atoms with Gasteiger partial charge in [0.2, 0.25) is 53.5 Å². The summed E-state index contributed by atoms with van der Waals surface area (Å²) in [6, 6.07) is 9.88. The van der Waals surface area contributed by atoms with Crippen LogP contribution in [-0.2, 0) is 73.4 Å². The number of benzene rings is 2. The molecule has 3 fully saturated rings. The molecule has 9 N–H and O–H groups in total. The van der Waals surface area contributed by atoms with Crippen LogP contribution < -0.4 is 31.3 Å². The van der Waals surface area contributed by atoms with Crippen LogP contribution in [-0.4, -0.2) is 240 Å². The third-order valence-electron chi connectivity index (χ3n) is 17.9. The molecule has 2 aromatic rings. The number of nitrogens with zero attached hydrogens (tertiary/aromatic N) is 4. The first-order chi connectivity index (χ1) is 45.4. The number of carbonyl (C=O) groups excluding carboxylic acids is 9. The average molecular weight is 1370 g/mol. The van der Waals surface area contributed by atoms with Crippen LogP contribution in [0.25, 0.3) is 0 Å². The largest absolute Gasteiger partial charge is 0.481 e. The number of ether oxygens (including phenoxy) is 6. The van der Waals surface area contributed by atoms with Gasteiger partial charge >= 0.3 is 12.1 Å². The minimum absolute atomic E-state index is 0.0154. The molecule has 0 spiro atoms. The van der Waals surface area contributed by atoms with Crippen molar-refractivity contribution >= 4 is 76.8 Å². The maximum atomic E-state index is 14.6. The van der Waals surface area contributed by atoms with E-state index in [0.717, 1.165) is 4.90 Å². The summed E-state index contributed by atoms with van der Waals surface area (Å²) in [6.07, 6.45) is -8.37. The van der Waals surface area contributed by atoms with Crippen molar-refractivity contribution in [1.29, 1.82) is 0 Å². The molecule has 3 aliphatic rings. The fourth-order valence-electron chi connectivity index (χ4n) is 12.5. The Morgan fingerprint density at radius 1 is 0.833 bits per heavy atom. The molecule has 9 amide bonds. The Bertz CT molecular complexity index is 2960. The lowest BCUT2D eigenvalue weighted by Crippen LogP contribution is -2.59. The quantitative estimate of drug-likeness (QED) is 0.0350. The summed E-state index contributed by atoms with van der Waals surface area (Å²) < 4.78 is 35.0. The van der Waals surface area contributed by atoms with Crippen LogP contribution in [0.5, 0.6) is 5.75 Å². The van der Waals surface area contributed by atoms with E-state index < -0.39 is 134 Å². The molecule has 96 heavy (non-hydrogen) atoms. The Balaban J connectivity index is 1.22. The molecule has 5 rings (SSSR count). The van der Waals surface area contributed by atoms with Gasteiger partial charge in [0.15, 0.2) is 6.29 Å². The number of nitrogens with one attached hydrogen (secondary N) is 5. The third-order valence-corrected chi connectivity index (χ3v) is 18.8. The van der Waals surface area contributed by atoms with Crippen LogP contribution in [0, 0.1) is 29.6 Å². The molecule has 0 saturated carbocycles. The Hall–Kier alpha value is -7.03. The Kier molecular flexibility index (Phi) is 31.2. The molecule has 3 saturated heterocycles. The molecule has 0 radical (unpaired) electrons. The SMILES string of the molecule is CC[C@H](C)[C@@H]([C@@H](CC(=O)N1CCC[C@H]1[C@H](OC)[C@@H](C)C(=O)N[C@H](C)[C@@H](OCNC(=O)OCc1ccc(NC(=O)CCNC(=O)CCN2C(=O)CC(SC)C2=O)c(O[C@H]2O[C@@H](O)[C@H](O)[C@@H](O)[C@@H]2C(=O)O)c1)c1ccccc1)OC)N(C)C(=O)[C@@H](NC(=O)[C@H](C(C)C)N(C)C)C(C)C. The predicted molar refractivity (Wildman–Crippen MR) is 352 cm³/mol. The number of methoxy groups -OCH3 is 2. The second kappa shape index (κ2) is 37.6. The molecule has 0 aliphatic carbocycles. The normalized spacial score (nSPS) is 22.5. The van der Waals surface area contributed by atoms with Gasteiger partial charge in [0.25, 0.3) is 0 Å². The number of likely N-dealkylation sites (N-methyl/N-ethyl adjacent to an activating group) is 2. The topological polar surface area (TPSA) is 380 Å². The molecule has 30 heteroatoms. The smallest absolute Gasteiger partial charge is 0.409 e. The first kappa shape index (κ1) is 79.7. The molecular formula is C66H101N9O20S. The number of carbonyl (C=O) groups is 10. The number of aliphatic hydroxyl groups excluding tert-OH is 3. The summed E-state index contributed by atoms with van der Waals surface area (Å²) in [5.74, 6) is -8.22. The maximum absolute atomic E-state index is 14.6. The van der Waals surface area contributed by atoms with Crippen LogP contribution in [0.15, 0.2) is 48.5 Å². The van der Waals surface area contributed by atoms with Gasteiger partial charge in [0.1, 0.15) is 49.4 Å². The van der Waals surface area contributed by atoms with E-state index >= 15 is 0 Å². The van der Waals surface area contributed by atoms with Gasteiger partial charge in [-0.2, -0.15) is 11.8 Å². The highest BCUT2D eigenvalue weighted by molar-refractivity contribution is 8.00. The number of hydrogen-bond acceptors (Lipinski definition) is 21. The van der Waals surface area contributed by atoms with E-state index in [2.05, 4.69) is 26.6 Å². The number of alkyl carbamates (subject to hydrolysis) is 1. The van der Waals surface area contributed by atoms with E-state index in [0.29, 0.717) is 31.4 Å². The summed E-state index contributed by atoms with van der Waals surface area (Å²) in [5, 5.41) is 54.3. The van der Waals surface area contributed by atoms with Crippen LogP contribution in [0.4, 0.5) is 10.5 Å². The maximum Gasteiger partial charge on any atom is 0.409 e. The summed E-state index contributed by atoms with van der Waals surface area (Å²) in [6.45, 7) is 14.3. The highest BCUT2D eigenvalue weighted by Gasteiger charge is 2.50. The number of imide groups is 1. The van der Waals surface area contributed by atoms with E-state index in [1.807, 2.05) is 60.5 Å². The van der Waals surface area contributed by atoms with Crippen molar-refractivity contribution in [3.63, 3.8) is 0 Å². The van der Waals surface area contributed by atoms with E-state index in [1.54, 1.807) is 67.3 Å². The highest BCUT2D eigenvalue weighted by atomic mass is 32.2. The van der Waals surface area contributed by atoms with Gasteiger partial charge in [0.05, 0.1) is 59.7 Å². The Labute approximate surface area is 566 Å². The zero-order valence-corrected chi connectivity index (χ0v) is 58.3. The molecular weight excluding hydrogens is 1270 g/mol. The molecule has 2 aromatic carbocycles. The first-order valence-electron chi connectivity index (χ1n) is 32.5. The van der Waals surface area contributed by atoms with Crippen molar-refractivity contribution in [1.82, 2.24) is 40.9 Å². The van der Waals surface area contributed by atoms with Gasteiger partial charge in [-0.15, -0.1) is 0 Å².